The van der Waals surface area contributed by atoms with Crippen LogP contribution in [-0.2, 0) is 11.2 Å². The minimum atomic E-state index is -0.521. The van der Waals surface area contributed by atoms with Gasteiger partial charge in [0.15, 0.2) is 0 Å². The number of non-ortho nitro benzene ring substituents is 1. The molecule has 3 rings (SSSR count). The fraction of sp³-hybridized carbons (Fsp3) is 0.0526. The fourth-order valence-electron chi connectivity index (χ4n) is 2.38. The van der Waals surface area contributed by atoms with Crippen LogP contribution in [0.25, 0.3) is 11.3 Å². The maximum Gasteiger partial charge on any atom is 0.270 e. The lowest BCUT2D eigenvalue weighted by molar-refractivity contribution is -0.384. The van der Waals surface area contributed by atoms with Gasteiger partial charge in [-0.05, 0) is 35.9 Å². The highest BCUT2D eigenvalue weighted by atomic mass is 79.9. The maximum absolute atomic E-state index is 11.9. The van der Waals surface area contributed by atoms with Crippen molar-refractivity contribution < 1.29 is 14.1 Å². The number of nitrogens with one attached hydrogen (secondary N) is 1. The summed E-state index contributed by atoms with van der Waals surface area (Å²) in [5.74, 6) is 0.569. The molecule has 1 N–H and O–H groups in total. The lowest BCUT2D eigenvalue weighted by atomic mass is 10.1. The average molecular weight is 463 g/mol. The van der Waals surface area contributed by atoms with Crippen molar-refractivity contribution in [2.75, 3.05) is 0 Å². The van der Waals surface area contributed by atoms with E-state index < -0.39 is 4.92 Å². The Kier molecular flexibility index (Phi) is 6.23. The summed E-state index contributed by atoms with van der Waals surface area (Å²) in [6.07, 6.45) is 1.56. The second-order valence-electron chi connectivity index (χ2n) is 5.72. The van der Waals surface area contributed by atoms with E-state index in [2.05, 4.69) is 26.5 Å². The van der Waals surface area contributed by atoms with Crippen LogP contribution in [-0.4, -0.2) is 17.0 Å². The fourth-order valence-corrected chi connectivity index (χ4v) is 2.91. The van der Waals surface area contributed by atoms with E-state index in [1.54, 1.807) is 12.1 Å². The Labute approximate surface area is 173 Å². The Morgan fingerprint density at radius 3 is 2.64 bits per heavy atom. The molecule has 0 aliphatic carbocycles. The number of carbonyl (C=O) groups is 1. The third-order valence-electron chi connectivity index (χ3n) is 3.71. The molecule has 1 amide bonds. The van der Waals surface area contributed by atoms with Crippen molar-refractivity contribution in [1.82, 2.24) is 5.43 Å². The number of hydrogen-bond acceptors (Lipinski definition) is 5. The van der Waals surface area contributed by atoms with Crippen LogP contribution >= 0.6 is 27.5 Å². The molecule has 0 saturated carbocycles. The van der Waals surface area contributed by atoms with E-state index in [4.69, 9.17) is 16.0 Å². The maximum atomic E-state index is 11.9. The van der Waals surface area contributed by atoms with E-state index in [0.717, 1.165) is 10.0 Å². The van der Waals surface area contributed by atoms with Gasteiger partial charge >= 0.3 is 0 Å². The summed E-state index contributed by atoms with van der Waals surface area (Å²) in [6.45, 7) is 0. The molecule has 0 bridgehead atoms. The third kappa shape index (κ3) is 5.05. The van der Waals surface area contributed by atoms with Crippen molar-refractivity contribution in [3.63, 3.8) is 0 Å². The number of amides is 1. The molecule has 0 saturated heterocycles. The van der Waals surface area contributed by atoms with Gasteiger partial charge in [0.2, 0.25) is 5.91 Å². The first-order valence-electron chi connectivity index (χ1n) is 8.03. The molecule has 0 aliphatic heterocycles. The number of nitro groups is 1. The molecular weight excluding hydrogens is 450 g/mol. The molecule has 3 aromatic rings. The van der Waals surface area contributed by atoms with Crippen LogP contribution in [0, 0.1) is 10.1 Å². The summed E-state index contributed by atoms with van der Waals surface area (Å²) in [7, 11) is 0. The van der Waals surface area contributed by atoms with E-state index >= 15 is 0 Å². The van der Waals surface area contributed by atoms with Crippen molar-refractivity contribution in [1.29, 1.82) is 0 Å². The molecule has 1 heterocycles. The molecule has 28 heavy (non-hydrogen) atoms. The average Bonchev–Trinajstić information content (AvgIpc) is 3.12. The Morgan fingerprint density at radius 2 is 1.96 bits per heavy atom. The zero-order valence-electron chi connectivity index (χ0n) is 14.3. The van der Waals surface area contributed by atoms with Crippen LogP contribution < -0.4 is 5.43 Å². The third-order valence-corrected chi connectivity index (χ3v) is 4.56. The van der Waals surface area contributed by atoms with Gasteiger partial charge in [-0.2, -0.15) is 5.10 Å². The highest BCUT2D eigenvalue weighted by Gasteiger charge is 2.13. The normalized spacial score (nSPS) is 10.9. The SMILES string of the molecule is O=C(Cc1ccc(Br)cc1)NN=Cc1ccc(-c2ccc([N+](=O)[O-])cc2Cl)o1. The van der Waals surface area contributed by atoms with Crippen LogP contribution in [0.3, 0.4) is 0 Å². The lowest BCUT2D eigenvalue weighted by Crippen LogP contribution is -2.19. The predicted octanol–water partition coefficient (Wildman–Crippen LogP) is 4.96. The highest BCUT2D eigenvalue weighted by molar-refractivity contribution is 9.10. The van der Waals surface area contributed by atoms with Gasteiger partial charge in [0, 0.05) is 22.2 Å². The summed E-state index contributed by atoms with van der Waals surface area (Å²) in [5, 5.41) is 14.9. The topological polar surface area (TPSA) is 97.7 Å². The van der Waals surface area contributed by atoms with E-state index in [-0.39, 0.29) is 23.0 Å². The number of hydrazone groups is 1. The first kappa shape index (κ1) is 19.8. The Morgan fingerprint density at radius 1 is 1.21 bits per heavy atom. The van der Waals surface area contributed by atoms with Crippen molar-refractivity contribution in [3.8, 4) is 11.3 Å². The van der Waals surface area contributed by atoms with Gasteiger partial charge in [0.05, 0.1) is 22.6 Å². The standard InChI is InChI=1S/C19H13BrClN3O4/c20-13-3-1-12(2-4-13)9-19(25)23-22-11-15-6-8-18(28-15)16-7-5-14(24(26)27)10-17(16)21/h1-8,10-11H,9H2,(H,23,25). The number of hydrogen-bond donors (Lipinski definition) is 1. The highest BCUT2D eigenvalue weighted by Crippen LogP contribution is 2.32. The number of nitro benzene ring substituents is 1. The van der Waals surface area contributed by atoms with Gasteiger partial charge < -0.3 is 4.42 Å². The van der Waals surface area contributed by atoms with Crippen LogP contribution in [0.1, 0.15) is 11.3 Å². The molecule has 0 unspecified atom stereocenters. The molecule has 2 aromatic carbocycles. The lowest BCUT2D eigenvalue weighted by Gasteiger charge is -2.01. The van der Waals surface area contributed by atoms with Gasteiger partial charge in [-0.15, -0.1) is 0 Å². The van der Waals surface area contributed by atoms with Crippen LogP contribution in [0.2, 0.25) is 5.02 Å². The molecule has 0 aliphatic rings. The molecule has 0 spiro atoms. The number of furan rings is 1. The number of carbonyl (C=O) groups excluding carboxylic acids is 1. The van der Waals surface area contributed by atoms with Crippen LogP contribution in [0.4, 0.5) is 5.69 Å². The molecule has 0 radical (unpaired) electrons. The molecule has 142 valence electrons. The van der Waals surface area contributed by atoms with Crippen molar-refractivity contribution in [2.24, 2.45) is 5.10 Å². The molecule has 0 fully saturated rings. The first-order valence-corrected chi connectivity index (χ1v) is 9.20. The molecular formula is C19H13BrClN3O4. The van der Waals surface area contributed by atoms with E-state index in [1.807, 2.05) is 24.3 Å². The summed E-state index contributed by atoms with van der Waals surface area (Å²) < 4.78 is 6.55. The van der Waals surface area contributed by atoms with Gasteiger partial charge in [-0.1, -0.05) is 39.7 Å². The van der Waals surface area contributed by atoms with Crippen LogP contribution in [0.15, 0.2) is 68.6 Å². The Bertz CT molecular complexity index is 1050. The zero-order valence-corrected chi connectivity index (χ0v) is 16.6. The minimum absolute atomic E-state index is 0.101. The summed E-state index contributed by atoms with van der Waals surface area (Å²) in [6, 6.07) is 14.9. The minimum Gasteiger partial charge on any atom is -0.455 e. The summed E-state index contributed by atoms with van der Waals surface area (Å²) in [5.41, 5.74) is 3.72. The van der Waals surface area contributed by atoms with Gasteiger partial charge in [0.1, 0.15) is 11.5 Å². The smallest absolute Gasteiger partial charge is 0.270 e. The van der Waals surface area contributed by atoms with Gasteiger partial charge in [-0.3, -0.25) is 14.9 Å². The van der Waals surface area contributed by atoms with Crippen molar-refractivity contribution in [3.05, 3.63) is 85.5 Å². The number of halogens is 2. The quantitative estimate of drug-likeness (QED) is 0.318. The van der Waals surface area contributed by atoms with Crippen molar-refractivity contribution in [2.45, 2.75) is 6.42 Å². The second kappa shape index (κ2) is 8.81. The first-order chi connectivity index (χ1) is 13.4. The van der Waals surface area contributed by atoms with E-state index in [1.165, 1.54) is 24.4 Å². The second-order valence-corrected chi connectivity index (χ2v) is 7.04. The monoisotopic (exact) mass is 461 g/mol. The molecule has 0 atom stereocenters. The predicted molar refractivity (Wildman–Crippen MR) is 109 cm³/mol. The molecule has 1 aromatic heterocycles. The van der Waals surface area contributed by atoms with Crippen molar-refractivity contribution >= 4 is 45.3 Å². The molecule has 7 nitrogen and oxygen atoms in total. The van der Waals surface area contributed by atoms with Gasteiger partial charge in [-0.25, -0.2) is 5.43 Å². The van der Waals surface area contributed by atoms with Gasteiger partial charge in [0.25, 0.3) is 5.69 Å². The van der Waals surface area contributed by atoms with Crippen LogP contribution in [0.5, 0.6) is 0 Å². The van der Waals surface area contributed by atoms with E-state index in [9.17, 15) is 14.9 Å². The number of rotatable bonds is 6. The molecule has 9 heteroatoms. The summed E-state index contributed by atoms with van der Waals surface area (Å²) >= 11 is 9.43. The Balaban J connectivity index is 1.62. The number of nitrogens with zero attached hydrogens (tertiary/aromatic N) is 2. The summed E-state index contributed by atoms with van der Waals surface area (Å²) in [4.78, 5) is 22.2. The number of benzene rings is 2. The zero-order chi connectivity index (χ0) is 20.1. The largest absolute Gasteiger partial charge is 0.455 e. The Hall–Kier alpha value is -2.97. The van der Waals surface area contributed by atoms with E-state index in [0.29, 0.717) is 17.1 Å².